The molecule has 1 N–H and O–H groups in total. The van der Waals surface area contributed by atoms with Crippen molar-refractivity contribution in [2.24, 2.45) is 0 Å². The van der Waals surface area contributed by atoms with Crippen molar-refractivity contribution in [3.05, 3.63) is 64.6 Å². The molecule has 3 aromatic rings. The third-order valence-corrected chi connectivity index (χ3v) is 5.93. The van der Waals surface area contributed by atoms with Crippen LogP contribution in [0.4, 0.5) is 10.1 Å². The molecule has 28 heavy (non-hydrogen) atoms. The Hall–Kier alpha value is -2.70. The lowest BCUT2D eigenvalue weighted by Crippen LogP contribution is -2.44. The second-order valence-electron chi connectivity index (χ2n) is 7.23. The number of hydrogen-bond acceptors (Lipinski definition) is 3. The maximum absolute atomic E-state index is 13.4. The largest absolute Gasteiger partial charge is 0.357 e. The van der Waals surface area contributed by atoms with Crippen molar-refractivity contribution in [1.29, 1.82) is 0 Å². The van der Waals surface area contributed by atoms with Crippen LogP contribution in [0.25, 0.3) is 10.9 Å². The number of imide groups is 1. The lowest BCUT2D eigenvalue weighted by Gasteiger charge is -2.30. The Kier molecular flexibility index (Phi) is 4.00. The lowest BCUT2D eigenvalue weighted by molar-refractivity contribution is -0.123. The molecule has 0 aliphatic carbocycles. The van der Waals surface area contributed by atoms with Crippen LogP contribution in [0.15, 0.2) is 42.5 Å². The Morgan fingerprint density at radius 1 is 1.14 bits per heavy atom. The summed E-state index contributed by atoms with van der Waals surface area (Å²) in [5.74, 6) is -1.16. The van der Waals surface area contributed by atoms with Gasteiger partial charge >= 0.3 is 0 Å². The fourth-order valence-corrected chi connectivity index (χ4v) is 4.45. The topological polar surface area (TPSA) is 56.4 Å². The minimum absolute atomic E-state index is 0.109. The minimum Gasteiger partial charge on any atom is -0.357 e. The number of benzene rings is 2. The Bertz CT molecular complexity index is 1130. The predicted octanol–water partition coefficient (Wildman–Crippen LogP) is 3.65. The van der Waals surface area contributed by atoms with Gasteiger partial charge in [0.15, 0.2) is 0 Å². The van der Waals surface area contributed by atoms with Crippen molar-refractivity contribution < 1.29 is 14.0 Å². The van der Waals surface area contributed by atoms with Crippen LogP contribution in [0.5, 0.6) is 0 Å². The number of fused-ring (bicyclic) bond motifs is 3. The second kappa shape index (κ2) is 6.43. The molecule has 0 saturated carbocycles. The van der Waals surface area contributed by atoms with E-state index in [1.165, 1.54) is 29.1 Å². The summed E-state index contributed by atoms with van der Waals surface area (Å²) in [4.78, 5) is 32.2. The Balaban J connectivity index is 1.42. The average molecular weight is 398 g/mol. The van der Waals surface area contributed by atoms with Crippen molar-refractivity contribution in [3.63, 3.8) is 0 Å². The number of carbonyl (C=O) groups is 2. The van der Waals surface area contributed by atoms with E-state index in [1.807, 2.05) is 23.1 Å². The number of para-hydroxylation sites is 1. The molecular formula is C21H17ClFN3O2. The van der Waals surface area contributed by atoms with E-state index < -0.39 is 11.9 Å². The van der Waals surface area contributed by atoms with Crippen LogP contribution in [0.1, 0.15) is 17.7 Å². The summed E-state index contributed by atoms with van der Waals surface area (Å²) < 4.78 is 13.4. The molecular weight excluding hydrogens is 381 g/mol. The summed E-state index contributed by atoms with van der Waals surface area (Å²) in [5.41, 5.74) is 3.78. The van der Waals surface area contributed by atoms with Gasteiger partial charge in [0, 0.05) is 29.7 Å². The SMILES string of the molecule is O=C1C[C@@H](N2CCc3c([nH]c4ccccc34)C2)C(=O)N1c1ccc(F)c(Cl)c1. The molecule has 7 heteroatoms. The standard InChI is InChI=1S/C21H17ClFN3O2/c22-15-9-12(5-6-16(15)23)26-20(27)10-19(21(26)28)25-8-7-14-13-3-1-2-4-17(13)24-18(14)11-25/h1-6,9,19,24H,7-8,10-11H2/t19-/m1/s1. The lowest BCUT2D eigenvalue weighted by atomic mass is 10.0. The Morgan fingerprint density at radius 2 is 1.96 bits per heavy atom. The van der Waals surface area contributed by atoms with E-state index in [2.05, 4.69) is 11.1 Å². The van der Waals surface area contributed by atoms with Crippen LogP contribution >= 0.6 is 11.6 Å². The number of rotatable bonds is 2. The average Bonchev–Trinajstić information content (AvgIpc) is 3.20. The van der Waals surface area contributed by atoms with Gasteiger partial charge in [0.25, 0.3) is 5.91 Å². The van der Waals surface area contributed by atoms with Gasteiger partial charge < -0.3 is 4.98 Å². The van der Waals surface area contributed by atoms with Gasteiger partial charge in [-0.15, -0.1) is 0 Å². The second-order valence-corrected chi connectivity index (χ2v) is 7.64. The van der Waals surface area contributed by atoms with Crippen molar-refractivity contribution in [3.8, 4) is 0 Å². The third kappa shape index (κ3) is 2.64. The summed E-state index contributed by atoms with van der Waals surface area (Å²) in [6, 6.07) is 11.5. The maximum atomic E-state index is 13.4. The molecule has 2 aliphatic heterocycles. The number of carbonyl (C=O) groups excluding carboxylic acids is 2. The number of amides is 2. The van der Waals surface area contributed by atoms with Gasteiger partial charge in [0.05, 0.1) is 23.2 Å². The van der Waals surface area contributed by atoms with Crippen molar-refractivity contribution in [2.45, 2.75) is 25.4 Å². The quantitative estimate of drug-likeness (QED) is 0.671. The Morgan fingerprint density at radius 3 is 2.79 bits per heavy atom. The molecule has 5 nitrogen and oxygen atoms in total. The van der Waals surface area contributed by atoms with E-state index in [0.717, 1.165) is 22.5 Å². The molecule has 1 atom stereocenters. The number of nitrogens with one attached hydrogen (secondary N) is 1. The molecule has 0 radical (unpaired) electrons. The molecule has 1 saturated heterocycles. The predicted molar refractivity (Wildman–Crippen MR) is 105 cm³/mol. The zero-order valence-corrected chi connectivity index (χ0v) is 15.7. The van der Waals surface area contributed by atoms with Crippen LogP contribution in [0.3, 0.4) is 0 Å². The van der Waals surface area contributed by atoms with E-state index in [-0.39, 0.29) is 23.3 Å². The molecule has 5 rings (SSSR count). The molecule has 142 valence electrons. The highest BCUT2D eigenvalue weighted by molar-refractivity contribution is 6.31. The normalized spacial score (nSPS) is 20.2. The number of hydrogen-bond donors (Lipinski definition) is 1. The highest BCUT2D eigenvalue weighted by Gasteiger charge is 2.43. The first-order chi connectivity index (χ1) is 13.5. The van der Waals surface area contributed by atoms with E-state index >= 15 is 0 Å². The van der Waals surface area contributed by atoms with Crippen LogP contribution in [-0.4, -0.2) is 34.3 Å². The fourth-order valence-electron chi connectivity index (χ4n) is 4.28. The number of nitrogens with zero attached hydrogens (tertiary/aromatic N) is 2. The van der Waals surface area contributed by atoms with Gasteiger partial charge in [-0.1, -0.05) is 29.8 Å². The molecule has 1 fully saturated rings. The molecule has 1 aromatic heterocycles. The smallest absolute Gasteiger partial charge is 0.251 e. The summed E-state index contributed by atoms with van der Waals surface area (Å²) >= 11 is 5.83. The first-order valence-corrected chi connectivity index (χ1v) is 9.55. The number of anilines is 1. The monoisotopic (exact) mass is 397 g/mol. The fraction of sp³-hybridized carbons (Fsp3) is 0.238. The minimum atomic E-state index is -0.580. The molecule has 3 heterocycles. The van der Waals surface area contributed by atoms with E-state index in [0.29, 0.717) is 18.8 Å². The van der Waals surface area contributed by atoms with E-state index in [9.17, 15) is 14.0 Å². The van der Waals surface area contributed by atoms with Crippen LogP contribution in [0.2, 0.25) is 5.02 Å². The van der Waals surface area contributed by atoms with E-state index in [1.54, 1.807) is 0 Å². The number of aromatic nitrogens is 1. The van der Waals surface area contributed by atoms with Gasteiger partial charge in [-0.2, -0.15) is 0 Å². The molecule has 0 spiro atoms. The molecule has 2 amide bonds. The summed E-state index contributed by atoms with van der Waals surface area (Å²) in [6.45, 7) is 1.29. The summed E-state index contributed by atoms with van der Waals surface area (Å²) in [5, 5.41) is 1.11. The Labute approximate surface area is 165 Å². The van der Waals surface area contributed by atoms with E-state index in [4.69, 9.17) is 11.6 Å². The van der Waals surface area contributed by atoms with Crippen molar-refractivity contribution >= 4 is 40.0 Å². The molecule has 2 aliphatic rings. The van der Waals surface area contributed by atoms with Gasteiger partial charge in [-0.25, -0.2) is 9.29 Å². The van der Waals surface area contributed by atoms with Crippen molar-refractivity contribution in [1.82, 2.24) is 9.88 Å². The van der Waals surface area contributed by atoms with Crippen LogP contribution < -0.4 is 4.90 Å². The van der Waals surface area contributed by atoms with Gasteiger partial charge in [0.1, 0.15) is 5.82 Å². The highest BCUT2D eigenvalue weighted by atomic mass is 35.5. The number of halogens is 2. The van der Waals surface area contributed by atoms with Gasteiger partial charge in [-0.3, -0.25) is 14.5 Å². The van der Waals surface area contributed by atoms with Crippen LogP contribution in [-0.2, 0) is 22.6 Å². The van der Waals surface area contributed by atoms with Crippen molar-refractivity contribution in [2.75, 3.05) is 11.4 Å². The van der Waals surface area contributed by atoms with Gasteiger partial charge in [-0.05, 0) is 36.2 Å². The molecule has 0 unspecified atom stereocenters. The number of H-pyrrole nitrogens is 1. The zero-order chi connectivity index (χ0) is 19.4. The summed E-state index contributed by atoms with van der Waals surface area (Å²) in [6.07, 6.45) is 0.934. The van der Waals surface area contributed by atoms with Gasteiger partial charge in [0.2, 0.25) is 5.91 Å². The first-order valence-electron chi connectivity index (χ1n) is 9.17. The molecule has 2 aromatic carbocycles. The molecule has 0 bridgehead atoms. The maximum Gasteiger partial charge on any atom is 0.251 e. The zero-order valence-electron chi connectivity index (χ0n) is 14.9. The first kappa shape index (κ1) is 17.4. The summed E-state index contributed by atoms with van der Waals surface area (Å²) in [7, 11) is 0. The highest BCUT2D eigenvalue weighted by Crippen LogP contribution is 2.33. The van der Waals surface area contributed by atoms with Crippen LogP contribution in [0, 0.1) is 5.82 Å². The number of aromatic amines is 1. The third-order valence-electron chi connectivity index (χ3n) is 5.64.